The van der Waals surface area contributed by atoms with Crippen LogP contribution in [0.25, 0.3) is 0 Å². The third-order valence-corrected chi connectivity index (χ3v) is 2.52. The van der Waals surface area contributed by atoms with Gasteiger partial charge in [-0.05, 0) is 18.2 Å². The Hall–Kier alpha value is -2.76. The molecule has 2 N–H and O–H groups in total. The second-order valence-corrected chi connectivity index (χ2v) is 3.97. The van der Waals surface area contributed by atoms with E-state index in [-0.39, 0.29) is 6.54 Å². The van der Waals surface area contributed by atoms with E-state index in [0.29, 0.717) is 11.3 Å². The Bertz CT molecular complexity index is 617. The molecule has 0 aliphatic carbocycles. The van der Waals surface area contributed by atoms with E-state index in [4.69, 9.17) is 0 Å². The van der Waals surface area contributed by atoms with Gasteiger partial charge in [0, 0.05) is 18.3 Å². The lowest BCUT2D eigenvalue weighted by molar-refractivity contribution is -0.136. The number of hydrogen-bond donors (Lipinski definition) is 2. The molecule has 2 aromatic rings. The van der Waals surface area contributed by atoms with Crippen molar-refractivity contribution in [3.8, 4) is 0 Å². The highest BCUT2D eigenvalue weighted by atomic mass is 19.1. The van der Waals surface area contributed by atoms with Crippen LogP contribution in [0.2, 0.25) is 0 Å². The van der Waals surface area contributed by atoms with E-state index in [2.05, 4.69) is 15.6 Å². The maximum Gasteiger partial charge on any atom is 0.313 e. The zero-order valence-corrected chi connectivity index (χ0v) is 10.5. The number of carbonyl (C=O) groups excluding carboxylic acids is 2. The van der Waals surface area contributed by atoms with Crippen LogP contribution in [0.3, 0.4) is 0 Å². The summed E-state index contributed by atoms with van der Waals surface area (Å²) in [4.78, 5) is 26.9. The van der Waals surface area contributed by atoms with Crippen LogP contribution >= 0.6 is 0 Å². The molecule has 1 aromatic heterocycles. The van der Waals surface area contributed by atoms with Gasteiger partial charge in [0.05, 0.1) is 11.9 Å². The highest BCUT2D eigenvalue weighted by Gasteiger charge is 2.13. The molecule has 2 amide bonds. The Morgan fingerprint density at radius 1 is 1.10 bits per heavy atom. The monoisotopic (exact) mass is 273 g/mol. The van der Waals surface area contributed by atoms with E-state index < -0.39 is 17.6 Å². The third-order valence-electron chi connectivity index (χ3n) is 2.52. The van der Waals surface area contributed by atoms with Gasteiger partial charge in [0.25, 0.3) is 0 Å². The Balaban J connectivity index is 1.89. The van der Waals surface area contributed by atoms with Crippen LogP contribution < -0.4 is 10.6 Å². The molecular formula is C14H12FN3O2. The van der Waals surface area contributed by atoms with Crippen molar-refractivity contribution in [3.63, 3.8) is 0 Å². The van der Waals surface area contributed by atoms with Crippen molar-refractivity contribution < 1.29 is 14.0 Å². The van der Waals surface area contributed by atoms with E-state index in [9.17, 15) is 14.0 Å². The number of rotatable bonds is 3. The lowest BCUT2D eigenvalue weighted by atomic mass is 10.2. The average Bonchev–Trinajstić information content (AvgIpc) is 2.47. The number of hydrogen-bond acceptors (Lipinski definition) is 3. The summed E-state index contributed by atoms with van der Waals surface area (Å²) in [6.45, 7) is -0.0496. The number of carbonyl (C=O) groups is 2. The number of aromatic nitrogens is 1. The van der Waals surface area contributed by atoms with Gasteiger partial charge in [-0.2, -0.15) is 0 Å². The molecule has 0 aliphatic heterocycles. The Kier molecular flexibility index (Phi) is 4.39. The van der Waals surface area contributed by atoms with Gasteiger partial charge in [-0.15, -0.1) is 0 Å². The van der Waals surface area contributed by atoms with Gasteiger partial charge in [0.2, 0.25) is 0 Å². The van der Waals surface area contributed by atoms with E-state index >= 15 is 0 Å². The Morgan fingerprint density at radius 2 is 1.90 bits per heavy atom. The molecule has 0 spiro atoms. The van der Waals surface area contributed by atoms with E-state index in [0.717, 1.165) is 0 Å². The summed E-state index contributed by atoms with van der Waals surface area (Å²) in [6, 6.07) is 9.27. The van der Waals surface area contributed by atoms with Crippen molar-refractivity contribution in [1.82, 2.24) is 10.3 Å². The van der Waals surface area contributed by atoms with Gasteiger partial charge in [-0.25, -0.2) is 4.39 Å². The van der Waals surface area contributed by atoms with Crippen molar-refractivity contribution in [2.24, 2.45) is 0 Å². The summed E-state index contributed by atoms with van der Waals surface area (Å²) in [5, 5.41) is 4.73. The van der Waals surface area contributed by atoms with E-state index in [1.165, 1.54) is 18.3 Å². The smallest absolute Gasteiger partial charge is 0.313 e. The number of nitrogens with zero attached hydrogens (tertiary/aromatic N) is 1. The predicted molar refractivity (Wildman–Crippen MR) is 71.1 cm³/mol. The number of anilines is 1. The summed E-state index contributed by atoms with van der Waals surface area (Å²) >= 11 is 0. The van der Waals surface area contributed by atoms with Crippen LogP contribution in [0.15, 0.2) is 48.8 Å². The molecule has 1 heterocycles. The number of pyridine rings is 1. The fraction of sp³-hybridized carbons (Fsp3) is 0.0714. The minimum Gasteiger partial charge on any atom is -0.344 e. The number of amides is 2. The quantitative estimate of drug-likeness (QED) is 0.832. The molecule has 0 fully saturated rings. The van der Waals surface area contributed by atoms with Crippen molar-refractivity contribution in [2.45, 2.75) is 6.54 Å². The molecule has 0 bridgehead atoms. The van der Waals surface area contributed by atoms with E-state index in [1.54, 1.807) is 30.5 Å². The second-order valence-electron chi connectivity index (χ2n) is 3.97. The maximum absolute atomic E-state index is 13.3. The molecule has 2 rings (SSSR count). The topological polar surface area (TPSA) is 71.1 Å². The van der Waals surface area contributed by atoms with Gasteiger partial charge in [0.15, 0.2) is 0 Å². The molecule has 0 saturated carbocycles. The van der Waals surface area contributed by atoms with Gasteiger partial charge >= 0.3 is 11.8 Å². The molecule has 20 heavy (non-hydrogen) atoms. The average molecular weight is 273 g/mol. The summed E-state index contributed by atoms with van der Waals surface area (Å²) in [5.41, 5.74) is 0.730. The molecule has 0 aliphatic rings. The highest BCUT2D eigenvalue weighted by molar-refractivity contribution is 6.39. The first-order valence-electron chi connectivity index (χ1n) is 5.89. The minimum atomic E-state index is -0.836. The highest BCUT2D eigenvalue weighted by Crippen LogP contribution is 2.06. The number of nitrogens with one attached hydrogen (secondary N) is 2. The second kappa shape index (κ2) is 6.42. The molecule has 0 unspecified atom stereocenters. The maximum atomic E-state index is 13.3. The predicted octanol–water partition coefficient (Wildman–Crippen LogP) is 1.48. The van der Waals surface area contributed by atoms with Gasteiger partial charge in [-0.1, -0.05) is 18.2 Å². The summed E-state index contributed by atoms with van der Waals surface area (Å²) < 4.78 is 13.3. The van der Waals surface area contributed by atoms with Crippen LogP contribution in [0.4, 0.5) is 10.1 Å². The van der Waals surface area contributed by atoms with Gasteiger partial charge in [-0.3, -0.25) is 14.6 Å². The normalized spacial score (nSPS) is 9.85. The van der Waals surface area contributed by atoms with Crippen molar-refractivity contribution in [2.75, 3.05) is 5.32 Å². The molecule has 0 atom stereocenters. The van der Waals surface area contributed by atoms with Crippen LogP contribution in [-0.2, 0) is 16.1 Å². The zero-order chi connectivity index (χ0) is 14.4. The van der Waals surface area contributed by atoms with Crippen LogP contribution in [0.1, 0.15) is 5.56 Å². The van der Waals surface area contributed by atoms with Crippen LogP contribution in [-0.4, -0.2) is 16.8 Å². The van der Waals surface area contributed by atoms with Crippen molar-refractivity contribution in [3.05, 3.63) is 60.2 Å². The summed E-state index contributed by atoms with van der Waals surface area (Å²) in [5.74, 6) is -2.09. The standard InChI is InChI=1S/C14H12FN3O2/c15-12-6-2-1-4-10(12)8-17-13(19)14(20)18-11-5-3-7-16-9-11/h1-7,9H,8H2,(H,17,19)(H,18,20). The molecule has 0 radical (unpaired) electrons. The first-order valence-corrected chi connectivity index (χ1v) is 5.89. The summed E-state index contributed by atoms with van der Waals surface area (Å²) in [6.07, 6.45) is 2.97. The fourth-order valence-corrected chi connectivity index (χ4v) is 1.52. The molecule has 0 saturated heterocycles. The fourth-order valence-electron chi connectivity index (χ4n) is 1.52. The lowest BCUT2D eigenvalue weighted by Gasteiger charge is -2.06. The molecule has 1 aromatic carbocycles. The largest absolute Gasteiger partial charge is 0.344 e. The summed E-state index contributed by atoms with van der Waals surface area (Å²) in [7, 11) is 0. The SMILES string of the molecule is O=C(NCc1ccccc1F)C(=O)Nc1cccnc1. The Morgan fingerprint density at radius 3 is 2.60 bits per heavy atom. The third kappa shape index (κ3) is 3.61. The number of benzene rings is 1. The molecule has 5 nitrogen and oxygen atoms in total. The first-order chi connectivity index (χ1) is 9.66. The number of halogens is 1. The minimum absolute atomic E-state index is 0.0496. The molecule has 102 valence electrons. The van der Waals surface area contributed by atoms with Gasteiger partial charge in [0.1, 0.15) is 5.82 Å². The molecule has 6 heteroatoms. The van der Waals surface area contributed by atoms with Gasteiger partial charge < -0.3 is 10.6 Å². The van der Waals surface area contributed by atoms with E-state index in [1.807, 2.05) is 0 Å². The van der Waals surface area contributed by atoms with Crippen molar-refractivity contribution >= 4 is 17.5 Å². The Labute approximate surface area is 114 Å². The van der Waals surface area contributed by atoms with Crippen molar-refractivity contribution in [1.29, 1.82) is 0 Å². The lowest BCUT2D eigenvalue weighted by Crippen LogP contribution is -2.35. The first kappa shape index (κ1) is 13.7. The molecular weight excluding hydrogens is 261 g/mol. The zero-order valence-electron chi connectivity index (χ0n) is 10.5. The van der Waals surface area contributed by atoms with Crippen LogP contribution in [0, 0.1) is 5.82 Å². The van der Waals surface area contributed by atoms with Crippen LogP contribution in [0.5, 0.6) is 0 Å².